The zero-order chi connectivity index (χ0) is 18.6. The molecule has 2 rings (SSSR count). The lowest BCUT2D eigenvalue weighted by Gasteiger charge is -2.33. The van der Waals surface area contributed by atoms with Crippen molar-refractivity contribution in [2.75, 3.05) is 39.3 Å². The summed E-state index contributed by atoms with van der Waals surface area (Å²) >= 11 is 0. The summed E-state index contributed by atoms with van der Waals surface area (Å²) in [6.07, 6.45) is 6.26. The standard InChI is InChI=1S/C20H36N4O2.HI/c1-4-10-21-20(22-11-7-19-6-5-15-26-19)23-18-8-12-24(13-9-18)14-16-25-17(2)3;/h5-6,15,17-18H,4,7-14,16H2,1-3H3,(H2,21,22,23);1H. The van der Waals surface area contributed by atoms with Gasteiger partial charge in [0.25, 0.3) is 0 Å². The topological polar surface area (TPSA) is 62.0 Å². The Balaban J connectivity index is 0.00000364. The van der Waals surface area contributed by atoms with Gasteiger partial charge in [-0.15, -0.1) is 24.0 Å². The maximum absolute atomic E-state index is 5.66. The lowest BCUT2D eigenvalue weighted by atomic mass is 10.1. The first kappa shape index (κ1) is 24.2. The second kappa shape index (κ2) is 14.2. The summed E-state index contributed by atoms with van der Waals surface area (Å²) in [5.41, 5.74) is 0. The first-order valence-electron chi connectivity index (χ1n) is 10.1. The van der Waals surface area contributed by atoms with E-state index in [9.17, 15) is 0 Å². The molecule has 0 aromatic carbocycles. The van der Waals surface area contributed by atoms with Gasteiger partial charge < -0.3 is 24.7 Å². The van der Waals surface area contributed by atoms with Crippen molar-refractivity contribution in [2.24, 2.45) is 4.99 Å². The Hall–Kier alpha value is -0.800. The molecule has 0 radical (unpaired) electrons. The number of guanidine groups is 1. The van der Waals surface area contributed by atoms with Crippen LogP contribution in [-0.4, -0.2) is 62.3 Å². The molecule has 0 amide bonds. The van der Waals surface area contributed by atoms with E-state index in [1.165, 1.54) is 0 Å². The van der Waals surface area contributed by atoms with Gasteiger partial charge in [-0.3, -0.25) is 4.99 Å². The van der Waals surface area contributed by atoms with E-state index in [0.717, 1.165) is 76.7 Å². The monoisotopic (exact) mass is 492 g/mol. The van der Waals surface area contributed by atoms with Crippen LogP contribution in [0.5, 0.6) is 0 Å². The van der Waals surface area contributed by atoms with Crippen LogP contribution in [0.1, 0.15) is 45.8 Å². The fourth-order valence-electron chi connectivity index (χ4n) is 3.05. The number of nitrogens with one attached hydrogen (secondary N) is 2. The van der Waals surface area contributed by atoms with Crippen LogP contribution in [0.25, 0.3) is 0 Å². The van der Waals surface area contributed by atoms with Crippen molar-refractivity contribution in [3.63, 3.8) is 0 Å². The molecular weight excluding hydrogens is 455 g/mol. The van der Waals surface area contributed by atoms with Gasteiger partial charge in [-0.05, 0) is 45.2 Å². The Morgan fingerprint density at radius 3 is 2.78 bits per heavy atom. The van der Waals surface area contributed by atoms with Crippen LogP contribution in [0.2, 0.25) is 0 Å². The number of piperidine rings is 1. The maximum atomic E-state index is 5.66. The summed E-state index contributed by atoms with van der Waals surface area (Å²) in [4.78, 5) is 7.17. The third-order valence-electron chi connectivity index (χ3n) is 4.52. The number of hydrogen-bond acceptors (Lipinski definition) is 4. The van der Waals surface area contributed by atoms with Crippen LogP contribution in [0, 0.1) is 0 Å². The highest BCUT2D eigenvalue weighted by Gasteiger charge is 2.19. The van der Waals surface area contributed by atoms with Crippen molar-refractivity contribution in [1.29, 1.82) is 0 Å². The van der Waals surface area contributed by atoms with Gasteiger partial charge in [0, 0.05) is 45.2 Å². The van der Waals surface area contributed by atoms with Gasteiger partial charge >= 0.3 is 0 Å². The molecule has 0 bridgehead atoms. The third kappa shape index (κ3) is 10.4. The Labute approximate surface area is 181 Å². The summed E-state index contributed by atoms with van der Waals surface area (Å²) in [5.74, 6) is 1.93. The number of hydrogen-bond donors (Lipinski definition) is 2. The third-order valence-corrected chi connectivity index (χ3v) is 4.52. The molecule has 1 aromatic rings. The molecular formula is C20H37IN4O2. The molecule has 27 heavy (non-hydrogen) atoms. The Kier molecular flexibility index (Phi) is 12.8. The van der Waals surface area contributed by atoms with E-state index in [1.54, 1.807) is 6.26 Å². The number of furan rings is 1. The van der Waals surface area contributed by atoms with Crippen molar-refractivity contribution in [2.45, 2.75) is 58.6 Å². The minimum absolute atomic E-state index is 0. The molecule has 156 valence electrons. The number of halogens is 1. The highest BCUT2D eigenvalue weighted by molar-refractivity contribution is 14.0. The molecule has 6 nitrogen and oxygen atoms in total. The van der Waals surface area contributed by atoms with Gasteiger partial charge in [0.15, 0.2) is 5.96 Å². The molecule has 7 heteroatoms. The zero-order valence-corrected chi connectivity index (χ0v) is 19.4. The molecule has 1 saturated heterocycles. The number of likely N-dealkylation sites (tertiary alicyclic amines) is 1. The Bertz CT molecular complexity index is 500. The molecule has 0 unspecified atom stereocenters. The average Bonchev–Trinajstić information content (AvgIpc) is 3.14. The van der Waals surface area contributed by atoms with Crippen LogP contribution in [-0.2, 0) is 11.2 Å². The summed E-state index contributed by atoms with van der Waals surface area (Å²) in [6.45, 7) is 12.1. The van der Waals surface area contributed by atoms with Crippen molar-refractivity contribution >= 4 is 29.9 Å². The second-order valence-corrected chi connectivity index (χ2v) is 7.17. The van der Waals surface area contributed by atoms with Gasteiger partial charge in [-0.25, -0.2) is 0 Å². The van der Waals surface area contributed by atoms with Gasteiger partial charge in [-0.2, -0.15) is 0 Å². The van der Waals surface area contributed by atoms with E-state index in [1.807, 2.05) is 12.1 Å². The molecule has 0 aliphatic carbocycles. The summed E-state index contributed by atoms with van der Waals surface area (Å²) in [6, 6.07) is 4.43. The maximum Gasteiger partial charge on any atom is 0.191 e. The second-order valence-electron chi connectivity index (χ2n) is 7.17. The van der Waals surface area contributed by atoms with Crippen molar-refractivity contribution in [3.05, 3.63) is 24.2 Å². The van der Waals surface area contributed by atoms with Gasteiger partial charge in [0.2, 0.25) is 0 Å². The lowest BCUT2D eigenvalue weighted by molar-refractivity contribution is 0.0532. The minimum atomic E-state index is 0. The van der Waals surface area contributed by atoms with Crippen molar-refractivity contribution in [1.82, 2.24) is 15.5 Å². The molecule has 1 aromatic heterocycles. The predicted molar refractivity (Wildman–Crippen MR) is 122 cm³/mol. The number of ether oxygens (including phenoxy) is 1. The van der Waals surface area contributed by atoms with Crippen LogP contribution in [0.15, 0.2) is 27.8 Å². The molecule has 0 saturated carbocycles. The number of aliphatic imine (C=N–C) groups is 1. The molecule has 0 spiro atoms. The smallest absolute Gasteiger partial charge is 0.191 e. The largest absolute Gasteiger partial charge is 0.469 e. The Morgan fingerprint density at radius 2 is 2.15 bits per heavy atom. The molecule has 1 fully saturated rings. The Morgan fingerprint density at radius 1 is 1.37 bits per heavy atom. The molecule has 2 N–H and O–H groups in total. The number of nitrogens with zero attached hydrogens (tertiary/aromatic N) is 2. The summed E-state index contributed by atoms with van der Waals surface area (Å²) in [5, 5.41) is 7.06. The van der Waals surface area contributed by atoms with Crippen LogP contribution >= 0.6 is 24.0 Å². The highest BCUT2D eigenvalue weighted by Crippen LogP contribution is 2.10. The zero-order valence-electron chi connectivity index (χ0n) is 17.1. The van der Waals surface area contributed by atoms with E-state index in [0.29, 0.717) is 12.1 Å². The highest BCUT2D eigenvalue weighted by atomic mass is 127. The molecule has 1 aliphatic heterocycles. The van der Waals surface area contributed by atoms with E-state index < -0.39 is 0 Å². The van der Waals surface area contributed by atoms with E-state index >= 15 is 0 Å². The molecule has 0 atom stereocenters. The quantitative estimate of drug-likeness (QED) is 0.298. The molecule has 1 aliphatic rings. The summed E-state index contributed by atoms with van der Waals surface area (Å²) < 4.78 is 11.1. The van der Waals surface area contributed by atoms with Gasteiger partial charge in [0.1, 0.15) is 5.76 Å². The van der Waals surface area contributed by atoms with E-state index in [2.05, 4.69) is 41.3 Å². The fourth-order valence-corrected chi connectivity index (χ4v) is 3.05. The lowest BCUT2D eigenvalue weighted by Crippen LogP contribution is -2.49. The van der Waals surface area contributed by atoms with Crippen molar-refractivity contribution in [3.8, 4) is 0 Å². The van der Waals surface area contributed by atoms with Gasteiger partial charge in [0.05, 0.1) is 19.0 Å². The SMILES string of the molecule is CCCN=C(NCCc1ccco1)NC1CCN(CCOC(C)C)CC1.I. The fraction of sp³-hybridized carbons (Fsp3) is 0.750. The average molecular weight is 492 g/mol. The normalized spacial score (nSPS) is 16.4. The van der Waals surface area contributed by atoms with Crippen LogP contribution < -0.4 is 10.6 Å². The van der Waals surface area contributed by atoms with E-state index in [-0.39, 0.29) is 24.0 Å². The van der Waals surface area contributed by atoms with Crippen LogP contribution in [0.4, 0.5) is 0 Å². The van der Waals surface area contributed by atoms with E-state index in [4.69, 9.17) is 9.15 Å². The van der Waals surface area contributed by atoms with Crippen LogP contribution in [0.3, 0.4) is 0 Å². The van der Waals surface area contributed by atoms with Gasteiger partial charge in [-0.1, -0.05) is 6.92 Å². The molecule has 2 heterocycles. The summed E-state index contributed by atoms with van der Waals surface area (Å²) in [7, 11) is 0. The first-order valence-corrected chi connectivity index (χ1v) is 10.1. The number of rotatable bonds is 10. The van der Waals surface area contributed by atoms with Crippen molar-refractivity contribution < 1.29 is 9.15 Å². The first-order chi connectivity index (χ1) is 12.7. The minimum Gasteiger partial charge on any atom is -0.469 e. The predicted octanol–water partition coefficient (Wildman–Crippen LogP) is 3.27.